The second-order valence-corrected chi connectivity index (χ2v) is 4.90. The number of methoxy groups -OCH3 is 1. The summed E-state index contributed by atoms with van der Waals surface area (Å²) in [5.41, 5.74) is 1.89. The van der Waals surface area contributed by atoms with Gasteiger partial charge in [-0.3, -0.25) is 4.79 Å². The molecule has 0 bridgehead atoms. The molecule has 2 rings (SSSR count). The average Bonchev–Trinajstić information content (AvgIpc) is 2.90. The molecule has 1 aromatic heterocycles. The number of carbonyl (C=O) groups is 1. The Balaban J connectivity index is 2.14. The van der Waals surface area contributed by atoms with Crippen LogP contribution in [0.1, 0.15) is 15.2 Å². The fourth-order valence-electron chi connectivity index (χ4n) is 1.72. The summed E-state index contributed by atoms with van der Waals surface area (Å²) in [7, 11) is 3.47. The molecule has 5 heteroatoms. The van der Waals surface area contributed by atoms with Gasteiger partial charge in [0.25, 0.3) is 5.91 Å². The summed E-state index contributed by atoms with van der Waals surface area (Å²) >= 11 is 1.37. The predicted molar refractivity (Wildman–Crippen MR) is 78.0 cm³/mol. The van der Waals surface area contributed by atoms with E-state index in [0.717, 1.165) is 11.3 Å². The van der Waals surface area contributed by atoms with E-state index in [4.69, 9.17) is 4.74 Å². The molecule has 0 spiro atoms. The smallest absolute Gasteiger partial charge is 0.265 e. The van der Waals surface area contributed by atoms with Crippen LogP contribution in [0.3, 0.4) is 0 Å². The number of benzene rings is 1. The minimum atomic E-state index is -0.114. The Labute approximate surface area is 116 Å². The Hall–Kier alpha value is -1.85. The predicted octanol–water partition coefficient (Wildman–Crippen LogP) is 2.73. The molecule has 0 aliphatic rings. The number of anilines is 1. The molecule has 1 amide bonds. The van der Waals surface area contributed by atoms with Crippen molar-refractivity contribution in [3.63, 3.8) is 0 Å². The molecule has 1 heterocycles. The van der Waals surface area contributed by atoms with Gasteiger partial charge in [-0.15, -0.1) is 11.3 Å². The zero-order valence-corrected chi connectivity index (χ0v) is 11.7. The van der Waals surface area contributed by atoms with Crippen molar-refractivity contribution in [3.05, 3.63) is 46.2 Å². The first-order chi connectivity index (χ1) is 9.24. The summed E-state index contributed by atoms with van der Waals surface area (Å²) in [5.74, 6) is 0.593. The van der Waals surface area contributed by atoms with E-state index in [0.29, 0.717) is 17.2 Å². The zero-order chi connectivity index (χ0) is 13.7. The van der Waals surface area contributed by atoms with Crippen molar-refractivity contribution in [1.29, 1.82) is 0 Å². The van der Waals surface area contributed by atoms with Gasteiger partial charge in [-0.05, 0) is 18.7 Å². The highest BCUT2D eigenvalue weighted by Crippen LogP contribution is 2.23. The van der Waals surface area contributed by atoms with E-state index in [1.165, 1.54) is 11.3 Å². The number of para-hydroxylation sites is 1. The molecule has 0 aliphatic carbocycles. The molecule has 0 aliphatic heterocycles. The molecule has 0 fully saturated rings. The highest BCUT2D eigenvalue weighted by Gasteiger charge is 2.11. The van der Waals surface area contributed by atoms with Gasteiger partial charge in [-0.25, -0.2) is 0 Å². The Morgan fingerprint density at radius 1 is 1.37 bits per heavy atom. The number of rotatable bonds is 5. The Morgan fingerprint density at radius 2 is 2.16 bits per heavy atom. The highest BCUT2D eigenvalue weighted by atomic mass is 32.1. The maximum atomic E-state index is 12.1. The second kappa shape index (κ2) is 6.36. The highest BCUT2D eigenvalue weighted by molar-refractivity contribution is 7.12. The van der Waals surface area contributed by atoms with Crippen LogP contribution < -0.4 is 15.4 Å². The summed E-state index contributed by atoms with van der Waals surface area (Å²) in [4.78, 5) is 12.8. The molecular weight excluding hydrogens is 260 g/mol. The molecule has 100 valence electrons. The van der Waals surface area contributed by atoms with Crippen LogP contribution in [0.2, 0.25) is 0 Å². The number of ether oxygens (including phenoxy) is 1. The SMILES string of the molecule is CNCc1ccccc1NC(=O)c1cc(OC)cs1. The van der Waals surface area contributed by atoms with Crippen LogP contribution in [0.4, 0.5) is 5.69 Å². The van der Waals surface area contributed by atoms with Crippen molar-refractivity contribution in [2.75, 3.05) is 19.5 Å². The maximum absolute atomic E-state index is 12.1. The van der Waals surface area contributed by atoms with Gasteiger partial charge >= 0.3 is 0 Å². The van der Waals surface area contributed by atoms with Crippen molar-refractivity contribution in [2.24, 2.45) is 0 Å². The Bertz CT molecular complexity index is 566. The van der Waals surface area contributed by atoms with Crippen LogP contribution in [0.15, 0.2) is 35.7 Å². The first-order valence-electron chi connectivity index (χ1n) is 5.91. The maximum Gasteiger partial charge on any atom is 0.265 e. The first kappa shape index (κ1) is 13.6. The van der Waals surface area contributed by atoms with Gasteiger partial charge in [-0.1, -0.05) is 18.2 Å². The molecule has 19 heavy (non-hydrogen) atoms. The number of amides is 1. The molecule has 0 unspecified atom stereocenters. The topological polar surface area (TPSA) is 50.4 Å². The molecule has 0 saturated heterocycles. The lowest BCUT2D eigenvalue weighted by molar-refractivity contribution is 0.103. The zero-order valence-electron chi connectivity index (χ0n) is 10.9. The summed E-state index contributed by atoms with van der Waals surface area (Å²) in [5, 5.41) is 7.82. The van der Waals surface area contributed by atoms with E-state index in [9.17, 15) is 4.79 Å². The summed E-state index contributed by atoms with van der Waals surface area (Å²) in [6.45, 7) is 0.713. The number of hydrogen-bond acceptors (Lipinski definition) is 4. The van der Waals surface area contributed by atoms with E-state index < -0.39 is 0 Å². The van der Waals surface area contributed by atoms with Gasteiger partial charge in [0.15, 0.2) is 0 Å². The lowest BCUT2D eigenvalue weighted by Crippen LogP contribution is -2.14. The van der Waals surface area contributed by atoms with E-state index >= 15 is 0 Å². The fourth-order valence-corrected chi connectivity index (χ4v) is 2.47. The van der Waals surface area contributed by atoms with Crippen LogP contribution in [0.25, 0.3) is 0 Å². The molecule has 4 nitrogen and oxygen atoms in total. The first-order valence-corrected chi connectivity index (χ1v) is 6.79. The largest absolute Gasteiger partial charge is 0.496 e. The normalized spacial score (nSPS) is 10.2. The van der Waals surface area contributed by atoms with E-state index in [1.54, 1.807) is 13.2 Å². The second-order valence-electron chi connectivity index (χ2n) is 3.99. The molecular formula is C14H16N2O2S. The summed E-state index contributed by atoms with van der Waals surface area (Å²) < 4.78 is 5.08. The van der Waals surface area contributed by atoms with Gasteiger partial charge in [0.1, 0.15) is 5.75 Å². The van der Waals surface area contributed by atoms with Crippen molar-refractivity contribution < 1.29 is 9.53 Å². The Morgan fingerprint density at radius 3 is 2.84 bits per heavy atom. The van der Waals surface area contributed by atoms with Crippen LogP contribution in [-0.4, -0.2) is 20.1 Å². The third-order valence-electron chi connectivity index (χ3n) is 2.67. The van der Waals surface area contributed by atoms with Crippen molar-refractivity contribution >= 4 is 22.9 Å². The number of nitrogens with one attached hydrogen (secondary N) is 2. The van der Waals surface area contributed by atoms with Crippen LogP contribution >= 0.6 is 11.3 Å². The number of thiophene rings is 1. The van der Waals surface area contributed by atoms with E-state index in [-0.39, 0.29) is 5.91 Å². The molecule has 2 N–H and O–H groups in total. The lowest BCUT2D eigenvalue weighted by atomic mass is 10.1. The van der Waals surface area contributed by atoms with Crippen molar-refractivity contribution in [1.82, 2.24) is 5.32 Å². The van der Waals surface area contributed by atoms with Gasteiger partial charge in [0.05, 0.1) is 12.0 Å². The number of carbonyl (C=O) groups excluding carboxylic acids is 1. The fraction of sp³-hybridized carbons (Fsp3) is 0.214. The molecule has 2 aromatic rings. The monoisotopic (exact) mass is 276 g/mol. The van der Waals surface area contributed by atoms with E-state index in [2.05, 4.69) is 10.6 Å². The quantitative estimate of drug-likeness (QED) is 0.883. The van der Waals surface area contributed by atoms with Gasteiger partial charge in [0, 0.05) is 23.7 Å². The minimum absolute atomic E-state index is 0.114. The Kier molecular flexibility index (Phi) is 4.54. The van der Waals surface area contributed by atoms with Gasteiger partial charge in [-0.2, -0.15) is 0 Å². The average molecular weight is 276 g/mol. The van der Waals surface area contributed by atoms with Crippen molar-refractivity contribution in [3.8, 4) is 5.75 Å². The van der Waals surface area contributed by atoms with Crippen LogP contribution in [0.5, 0.6) is 5.75 Å². The van der Waals surface area contributed by atoms with Crippen LogP contribution in [0, 0.1) is 0 Å². The third kappa shape index (κ3) is 3.33. The minimum Gasteiger partial charge on any atom is -0.496 e. The van der Waals surface area contributed by atoms with Crippen LogP contribution in [-0.2, 0) is 6.54 Å². The molecule has 0 saturated carbocycles. The van der Waals surface area contributed by atoms with Crippen molar-refractivity contribution in [2.45, 2.75) is 6.54 Å². The number of hydrogen-bond donors (Lipinski definition) is 2. The third-order valence-corrected chi connectivity index (χ3v) is 3.58. The van der Waals surface area contributed by atoms with Gasteiger partial charge < -0.3 is 15.4 Å². The molecule has 0 atom stereocenters. The standard InChI is InChI=1S/C14H16N2O2S/c1-15-8-10-5-3-4-6-12(10)16-14(17)13-7-11(18-2)9-19-13/h3-7,9,15H,8H2,1-2H3,(H,16,17). The molecule has 0 radical (unpaired) electrons. The van der Waals surface area contributed by atoms with E-state index in [1.807, 2.05) is 36.7 Å². The lowest BCUT2D eigenvalue weighted by Gasteiger charge is -2.09. The molecule has 1 aromatic carbocycles. The summed E-state index contributed by atoms with van der Waals surface area (Å²) in [6, 6.07) is 9.48. The van der Waals surface area contributed by atoms with Gasteiger partial charge in [0.2, 0.25) is 0 Å². The summed E-state index contributed by atoms with van der Waals surface area (Å²) in [6.07, 6.45) is 0.